The third-order valence-corrected chi connectivity index (χ3v) is 4.79. The molecule has 20 heavy (non-hydrogen) atoms. The summed E-state index contributed by atoms with van der Waals surface area (Å²) >= 11 is 0. The minimum Gasteiger partial charge on any atom is -0.395 e. The molecule has 3 nitrogen and oxygen atoms in total. The number of nitrogens with zero attached hydrogens (tertiary/aromatic N) is 2. The normalized spacial score (nSPS) is 23.4. The number of aliphatic hydroxyl groups is 1. The smallest absolute Gasteiger partial charge is 0.0537 e. The summed E-state index contributed by atoms with van der Waals surface area (Å²) in [7, 11) is 2.19. The molecule has 1 atom stereocenters. The Labute approximate surface area is 123 Å². The van der Waals surface area contributed by atoms with Crippen molar-refractivity contribution in [3.8, 4) is 0 Å². The fourth-order valence-electron chi connectivity index (χ4n) is 3.04. The predicted molar refractivity (Wildman–Crippen MR) is 84.0 cm³/mol. The molecule has 0 radical (unpaired) electrons. The molecule has 1 aromatic carbocycles. The highest BCUT2D eigenvalue weighted by atomic mass is 16.3. The molecule has 1 fully saturated rings. The van der Waals surface area contributed by atoms with Crippen LogP contribution in [0, 0.1) is 0 Å². The fraction of sp³-hybridized carbons (Fsp3) is 0.647. The molecule has 1 aliphatic rings. The van der Waals surface area contributed by atoms with Crippen LogP contribution < -0.4 is 0 Å². The van der Waals surface area contributed by atoms with Gasteiger partial charge in [-0.3, -0.25) is 9.80 Å². The molecule has 1 saturated heterocycles. The lowest BCUT2D eigenvalue weighted by Crippen LogP contribution is -2.59. The topological polar surface area (TPSA) is 26.7 Å². The highest BCUT2D eigenvalue weighted by Crippen LogP contribution is 2.27. The molecule has 0 saturated carbocycles. The highest BCUT2D eigenvalue weighted by Gasteiger charge is 2.35. The van der Waals surface area contributed by atoms with Crippen LogP contribution in [0.1, 0.15) is 26.3 Å². The van der Waals surface area contributed by atoms with Crippen molar-refractivity contribution in [1.82, 2.24) is 9.80 Å². The molecule has 1 aromatic rings. The summed E-state index contributed by atoms with van der Waals surface area (Å²) in [5.74, 6) is 0. The van der Waals surface area contributed by atoms with Crippen molar-refractivity contribution in [3.63, 3.8) is 0 Å². The Morgan fingerprint density at radius 2 is 1.85 bits per heavy atom. The average molecular weight is 276 g/mol. The van der Waals surface area contributed by atoms with Crippen LogP contribution in [-0.2, 0) is 5.41 Å². The maximum Gasteiger partial charge on any atom is 0.0537 e. The summed E-state index contributed by atoms with van der Waals surface area (Å²) in [6.07, 6.45) is 0. The minimum atomic E-state index is -0.187. The van der Waals surface area contributed by atoms with Crippen molar-refractivity contribution in [2.45, 2.75) is 31.7 Å². The number of likely N-dealkylation sites (N-methyl/N-ethyl adjacent to an activating group) is 1. The molecular weight excluding hydrogens is 248 g/mol. The van der Waals surface area contributed by atoms with Crippen LogP contribution in [0.5, 0.6) is 0 Å². The van der Waals surface area contributed by atoms with E-state index in [2.05, 4.69) is 61.9 Å². The van der Waals surface area contributed by atoms with E-state index in [1.165, 1.54) is 5.56 Å². The summed E-state index contributed by atoms with van der Waals surface area (Å²) < 4.78 is 0. The van der Waals surface area contributed by atoms with Gasteiger partial charge in [0.2, 0.25) is 0 Å². The van der Waals surface area contributed by atoms with Gasteiger partial charge in [-0.05, 0) is 26.5 Å². The molecule has 2 rings (SSSR count). The quantitative estimate of drug-likeness (QED) is 0.911. The third kappa shape index (κ3) is 3.22. The number of piperazine rings is 1. The van der Waals surface area contributed by atoms with Gasteiger partial charge in [-0.1, -0.05) is 37.3 Å². The zero-order valence-corrected chi connectivity index (χ0v) is 13.3. The van der Waals surface area contributed by atoms with Crippen molar-refractivity contribution in [2.75, 3.05) is 39.8 Å². The van der Waals surface area contributed by atoms with Crippen LogP contribution in [-0.4, -0.2) is 60.3 Å². The van der Waals surface area contributed by atoms with Crippen LogP contribution in [0.25, 0.3) is 0 Å². The Balaban J connectivity index is 2.11. The van der Waals surface area contributed by atoms with E-state index in [0.717, 1.165) is 26.2 Å². The number of rotatable bonds is 4. The Kier molecular flexibility index (Phi) is 4.52. The van der Waals surface area contributed by atoms with Gasteiger partial charge >= 0.3 is 0 Å². The molecule has 1 N–H and O–H groups in total. The van der Waals surface area contributed by atoms with Crippen molar-refractivity contribution < 1.29 is 5.11 Å². The lowest BCUT2D eigenvalue weighted by Gasteiger charge is -2.47. The summed E-state index contributed by atoms with van der Waals surface area (Å²) in [5, 5.41) is 9.91. The van der Waals surface area contributed by atoms with Crippen LogP contribution in [0.15, 0.2) is 30.3 Å². The summed E-state index contributed by atoms with van der Waals surface area (Å²) in [6, 6.07) is 10.4. The first-order valence-electron chi connectivity index (χ1n) is 7.47. The largest absolute Gasteiger partial charge is 0.395 e. The first-order valence-corrected chi connectivity index (χ1v) is 7.47. The van der Waals surface area contributed by atoms with Gasteiger partial charge in [-0.2, -0.15) is 0 Å². The molecule has 3 heteroatoms. The van der Waals surface area contributed by atoms with Crippen molar-refractivity contribution in [1.29, 1.82) is 0 Å². The standard InChI is InChI=1S/C17H28N2O/c1-16(2)12-19(11-10-18(16)4)13-17(3,14-20)15-8-6-5-7-9-15/h5-9,20H,10-14H2,1-4H3. The number of benzene rings is 1. The van der Waals surface area contributed by atoms with E-state index in [9.17, 15) is 5.11 Å². The zero-order valence-electron chi connectivity index (χ0n) is 13.3. The van der Waals surface area contributed by atoms with Gasteiger partial charge in [-0.25, -0.2) is 0 Å². The first kappa shape index (κ1) is 15.5. The Morgan fingerprint density at radius 3 is 2.40 bits per heavy atom. The van der Waals surface area contributed by atoms with Gasteiger partial charge < -0.3 is 5.11 Å². The SMILES string of the molecule is CN1CCN(CC(C)(CO)c2ccccc2)CC1(C)C. The number of aliphatic hydroxyl groups excluding tert-OH is 1. The molecule has 0 spiro atoms. The van der Waals surface area contributed by atoms with Gasteiger partial charge in [0.05, 0.1) is 6.61 Å². The summed E-state index contributed by atoms with van der Waals surface area (Å²) in [6.45, 7) is 11.0. The lowest BCUT2D eigenvalue weighted by atomic mass is 9.82. The van der Waals surface area contributed by atoms with E-state index in [4.69, 9.17) is 0 Å². The number of hydrogen-bond donors (Lipinski definition) is 1. The predicted octanol–water partition coefficient (Wildman–Crippen LogP) is 1.96. The molecule has 1 unspecified atom stereocenters. The Morgan fingerprint density at radius 1 is 1.20 bits per heavy atom. The Hall–Kier alpha value is -0.900. The zero-order chi connectivity index (χ0) is 14.8. The average Bonchev–Trinajstić information content (AvgIpc) is 2.43. The van der Waals surface area contributed by atoms with E-state index in [1.807, 2.05) is 6.07 Å². The van der Waals surface area contributed by atoms with Gasteiger partial charge in [0.1, 0.15) is 0 Å². The van der Waals surface area contributed by atoms with Gasteiger partial charge in [-0.15, -0.1) is 0 Å². The van der Waals surface area contributed by atoms with Gasteiger partial charge in [0.25, 0.3) is 0 Å². The number of hydrogen-bond acceptors (Lipinski definition) is 3. The van der Waals surface area contributed by atoms with Gasteiger partial charge in [0.15, 0.2) is 0 Å². The molecule has 112 valence electrons. The van der Waals surface area contributed by atoms with Crippen LogP contribution in [0.4, 0.5) is 0 Å². The van der Waals surface area contributed by atoms with Crippen molar-refractivity contribution in [3.05, 3.63) is 35.9 Å². The van der Waals surface area contributed by atoms with E-state index in [1.54, 1.807) is 0 Å². The monoisotopic (exact) mass is 276 g/mol. The molecule has 0 amide bonds. The summed E-state index contributed by atoms with van der Waals surface area (Å²) in [5.41, 5.74) is 1.23. The lowest BCUT2D eigenvalue weighted by molar-refractivity contribution is 0.0222. The highest BCUT2D eigenvalue weighted by molar-refractivity contribution is 5.25. The van der Waals surface area contributed by atoms with Gasteiger partial charge in [0, 0.05) is 37.1 Å². The van der Waals surface area contributed by atoms with E-state index in [-0.39, 0.29) is 17.6 Å². The molecule has 1 aliphatic heterocycles. The minimum absolute atomic E-state index is 0.184. The Bertz CT molecular complexity index is 432. The first-order chi connectivity index (χ1) is 9.37. The van der Waals surface area contributed by atoms with Crippen LogP contribution in [0.3, 0.4) is 0 Å². The van der Waals surface area contributed by atoms with Crippen molar-refractivity contribution in [2.24, 2.45) is 0 Å². The fourth-order valence-corrected chi connectivity index (χ4v) is 3.04. The van der Waals surface area contributed by atoms with E-state index >= 15 is 0 Å². The second-order valence-electron chi connectivity index (χ2n) is 7.03. The molecule has 0 bridgehead atoms. The molecule has 0 aliphatic carbocycles. The molecular formula is C17H28N2O. The van der Waals surface area contributed by atoms with Crippen LogP contribution in [0.2, 0.25) is 0 Å². The second-order valence-corrected chi connectivity index (χ2v) is 7.03. The van der Waals surface area contributed by atoms with E-state index < -0.39 is 0 Å². The maximum absolute atomic E-state index is 9.91. The molecule has 1 heterocycles. The third-order valence-electron chi connectivity index (χ3n) is 4.79. The summed E-state index contributed by atoms with van der Waals surface area (Å²) in [4.78, 5) is 4.91. The van der Waals surface area contributed by atoms with Crippen molar-refractivity contribution >= 4 is 0 Å². The van der Waals surface area contributed by atoms with Crippen LogP contribution >= 0.6 is 0 Å². The second kappa shape index (κ2) is 5.84. The van der Waals surface area contributed by atoms with E-state index in [0.29, 0.717) is 0 Å². The molecule has 0 aromatic heterocycles. The maximum atomic E-state index is 9.91.